The largest absolute Gasteiger partial charge is 0.490 e. The third kappa shape index (κ3) is 6.06. The molecule has 0 N–H and O–H groups in total. The Morgan fingerprint density at radius 1 is 1.20 bits per heavy atom. The van der Waals surface area contributed by atoms with Crippen molar-refractivity contribution in [3.05, 3.63) is 29.3 Å². The number of hydrogen-bond donors (Lipinski definition) is 0. The molecule has 0 radical (unpaired) electrons. The summed E-state index contributed by atoms with van der Waals surface area (Å²) in [5.74, 6) is 0.950. The summed E-state index contributed by atoms with van der Waals surface area (Å²) in [5.41, 5.74) is 1.75. The highest BCUT2D eigenvalue weighted by Crippen LogP contribution is 2.34. The zero-order valence-corrected chi connectivity index (χ0v) is 16.3. The van der Waals surface area contributed by atoms with Crippen LogP contribution in [0.4, 0.5) is 0 Å². The van der Waals surface area contributed by atoms with Crippen molar-refractivity contribution in [3.63, 3.8) is 0 Å². The molecule has 0 atom stereocenters. The molecule has 0 saturated carbocycles. The summed E-state index contributed by atoms with van der Waals surface area (Å²) in [6, 6.07) is 5.73. The zero-order chi connectivity index (χ0) is 18.2. The quantitative estimate of drug-likeness (QED) is 0.442. The van der Waals surface area contributed by atoms with Crippen LogP contribution < -0.4 is 9.47 Å². The fraction of sp³-hybridized carbons (Fsp3) is 0.412. The Balaban J connectivity index is 2.08. The van der Waals surface area contributed by atoms with E-state index in [4.69, 9.17) is 32.7 Å². The number of benzene rings is 1. The van der Waals surface area contributed by atoms with E-state index in [1.165, 1.54) is 11.3 Å². The van der Waals surface area contributed by atoms with Crippen molar-refractivity contribution < 1.29 is 19.0 Å². The maximum absolute atomic E-state index is 11.5. The lowest BCUT2D eigenvalue weighted by Gasteiger charge is -2.11. The number of thiazole rings is 1. The van der Waals surface area contributed by atoms with E-state index in [1.54, 1.807) is 0 Å². The molecule has 8 heteroatoms. The monoisotopic (exact) mass is 403 g/mol. The van der Waals surface area contributed by atoms with Crippen LogP contribution in [-0.4, -0.2) is 29.2 Å². The Labute approximate surface area is 160 Å². The van der Waals surface area contributed by atoms with Crippen molar-refractivity contribution in [1.29, 1.82) is 0 Å². The number of carbonyl (C=O) groups excluding carboxylic acids is 1. The Hall–Kier alpha value is -1.50. The molecule has 1 aromatic carbocycles. The number of hydrogen-bond acceptors (Lipinski definition) is 6. The number of aryl methyl sites for hydroxylation is 1. The zero-order valence-electron chi connectivity index (χ0n) is 14.0. The second-order valence-corrected chi connectivity index (χ2v) is 6.80. The van der Waals surface area contributed by atoms with Gasteiger partial charge in [-0.2, -0.15) is 0 Å². The van der Waals surface area contributed by atoms with Crippen molar-refractivity contribution in [2.24, 2.45) is 0 Å². The molecular weight excluding hydrogens is 385 g/mol. The van der Waals surface area contributed by atoms with Gasteiger partial charge in [-0.15, -0.1) is 11.3 Å². The van der Waals surface area contributed by atoms with Gasteiger partial charge in [0, 0.05) is 17.4 Å². The van der Waals surface area contributed by atoms with Crippen LogP contribution in [-0.2, 0) is 16.0 Å². The van der Waals surface area contributed by atoms with Crippen LogP contribution in [0.2, 0.25) is 0 Å². The van der Waals surface area contributed by atoms with E-state index in [-0.39, 0.29) is 6.42 Å². The molecule has 0 aliphatic carbocycles. The molecule has 0 unspecified atom stereocenters. The number of esters is 1. The predicted molar refractivity (Wildman–Crippen MR) is 99.8 cm³/mol. The van der Waals surface area contributed by atoms with Gasteiger partial charge in [-0.1, -0.05) is 23.2 Å². The third-order valence-corrected chi connectivity index (χ3v) is 4.27. The average Bonchev–Trinajstić information content (AvgIpc) is 3.03. The van der Waals surface area contributed by atoms with E-state index in [9.17, 15) is 4.79 Å². The van der Waals surface area contributed by atoms with Crippen LogP contribution in [0.3, 0.4) is 0 Å². The fourth-order valence-electron chi connectivity index (χ4n) is 2.13. The van der Waals surface area contributed by atoms with Gasteiger partial charge in [-0.25, -0.2) is 4.98 Å². The summed E-state index contributed by atoms with van der Waals surface area (Å²) >= 11 is 12.3. The van der Waals surface area contributed by atoms with Gasteiger partial charge < -0.3 is 14.2 Å². The number of rotatable bonds is 9. The van der Waals surface area contributed by atoms with E-state index < -0.39 is 11.0 Å². The molecular formula is C17H19Cl2NO4S. The molecule has 25 heavy (non-hydrogen) atoms. The molecule has 0 aliphatic rings. The van der Waals surface area contributed by atoms with Gasteiger partial charge in [-0.05, 0) is 32.0 Å². The molecule has 0 amide bonds. The van der Waals surface area contributed by atoms with Crippen LogP contribution in [0.15, 0.2) is 23.6 Å². The van der Waals surface area contributed by atoms with Gasteiger partial charge in [-0.3, -0.25) is 4.79 Å². The van der Waals surface area contributed by atoms with Crippen molar-refractivity contribution in [2.45, 2.75) is 31.7 Å². The molecule has 0 fully saturated rings. The second kappa shape index (κ2) is 9.85. The smallest absolute Gasteiger partial charge is 0.308 e. The SMILES string of the molecule is CCOc1ccc(-c2nc(CCC(=O)OC(Cl)Cl)cs2)cc1OCC. The lowest BCUT2D eigenvalue weighted by atomic mass is 10.2. The highest BCUT2D eigenvalue weighted by Gasteiger charge is 2.13. The molecule has 2 aromatic rings. The van der Waals surface area contributed by atoms with Crippen LogP contribution >= 0.6 is 34.5 Å². The van der Waals surface area contributed by atoms with Gasteiger partial charge in [0.25, 0.3) is 5.02 Å². The van der Waals surface area contributed by atoms with Gasteiger partial charge in [0.1, 0.15) is 5.01 Å². The highest BCUT2D eigenvalue weighted by atomic mass is 35.5. The molecule has 0 bridgehead atoms. The Bertz CT molecular complexity index is 706. The molecule has 136 valence electrons. The van der Waals surface area contributed by atoms with Gasteiger partial charge >= 0.3 is 5.97 Å². The maximum Gasteiger partial charge on any atom is 0.308 e. The molecule has 0 aliphatic heterocycles. The average molecular weight is 404 g/mol. The number of aromatic nitrogens is 1. The molecule has 1 aromatic heterocycles. The first-order valence-corrected chi connectivity index (χ1v) is 9.60. The van der Waals surface area contributed by atoms with Crippen LogP contribution in [0.1, 0.15) is 26.0 Å². The number of nitrogens with zero attached hydrogens (tertiary/aromatic N) is 1. The van der Waals surface area contributed by atoms with Crippen LogP contribution in [0.5, 0.6) is 11.5 Å². The second-order valence-electron chi connectivity index (χ2n) is 4.92. The van der Waals surface area contributed by atoms with Crippen molar-refractivity contribution in [1.82, 2.24) is 4.98 Å². The minimum absolute atomic E-state index is 0.173. The fourth-order valence-corrected chi connectivity index (χ4v) is 3.18. The summed E-state index contributed by atoms with van der Waals surface area (Å²) in [4.78, 5) is 16.0. The van der Waals surface area contributed by atoms with Crippen LogP contribution in [0.25, 0.3) is 10.6 Å². The van der Waals surface area contributed by atoms with Crippen molar-refractivity contribution in [2.75, 3.05) is 13.2 Å². The molecule has 1 heterocycles. The van der Waals surface area contributed by atoms with E-state index in [1.807, 2.05) is 37.4 Å². The Morgan fingerprint density at radius 2 is 1.92 bits per heavy atom. The Kier molecular flexibility index (Phi) is 7.81. The summed E-state index contributed by atoms with van der Waals surface area (Å²) in [6.45, 7) is 4.98. The standard InChI is InChI=1S/C17H19Cl2NO4S/c1-3-22-13-7-5-11(9-14(13)23-4-2)16-20-12(10-25-16)6-8-15(21)24-17(18)19/h5,7,9-10,17H,3-4,6,8H2,1-2H3. The summed E-state index contributed by atoms with van der Waals surface area (Å²) in [5, 5.41) is 1.62. The van der Waals surface area contributed by atoms with E-state index >= 15 is 0 Å². The van der Waals surface area contributed by atoms with Gasteiger partial charge in [0.15, 0.2) is 11.5 Å². The Morgan fingerprint density at radius 3 is 2.60 bits per heavy atom. The lowest BCUT2D eigenvalue weighted by Crippen LogP contribution is -2.08. The normalized spacial score (nSPS) is 10.8. The molecule has 5 nitrogen and oxygen atoms in total. The lowest BCUT2D eigenvalue weighted by molar-refractivity contribution is -0.142. The predicted octanol–water partition coefficient (Wildman–Crippen LogP) is 4.84. The first-order chi connectivity index (χ1) is 12.0. The first kappa shape index (κ1) is 19.8. The van der Waals surface area contributed by atoms with Crippen LogP contribution in [0, 0.1) is 0 Å². The third-order valence-electron chi connectivity index (χ3n) is 3.15. The first-order valence-electron chi connectivity index (χ1n) is 7.85. The molecule has 0 saturated heterocycles. The number of halogens is 2. The molecule has 2 rings (SSSR count). The number of carbonyl (C=O) groups is 1. The highest BCUT2D eigenvalue weighted by molar-refractivity contribution is 7.13. The van der Waals surface area contributed by atoms with Gasteiger partial charge in [0.2, 0.25) is 0 Å². The summed E-state index contributed by atoms with van der Waals surface area (Å²) < 4.78 is 15.9. The van der Waals surface area contributed by atoms with Crippen molar-refractivity contribution >= 4 is 40.5 Å². The van der Waals surface area contributed by atoms with Gasteiger partial charge in [0.05, 0.1) is 25.3 Å². The van der Waals surface area contributed by atoms with Crippen molar-refractivity contribution in [3.8, 4) is 22.1 Å². The van der Waals surface area contributed by atoms with E-state index in [2.05, 4.69) is 9.72 Å². The number of alkyl halides is 2. The van der Waals surface area contributed by atoms with E-state index in [0.717, 1.165) is 16.3 Å². The summed E-state index contributed by atoms with van der Waals surface area (Å²) in [6.07, 6.45) is 0.637. The minimum Gasteiger partial charge on any atom is -0.490 e. The topological polar surface area (TPSA) is 57.7 Å². The van der Waals surface area contributed by atoms with E-state index in [0.29, 0.717) is 31.1 Å². The summed E-state index contributed by atoms with van der Waals surface area (Å²) in [7, 11) is 0. The molecule has 0 spiro atoms. The number of ether oxygens (including phenoxy) is 3. The maximum atomic E-state index is 11.5. The minimum atomic E-state index is -1.14.